The fourth-order valence-electron chi connectivity index (χ4n) is 1.21. The molecule has 0 radical (unpaired) electrons. The van der Waals surface area contributed by atoms with Gasteiger partial charge in [-0.25, -0.2) is 13.1 Å². The van der Waals surface area contributed by atoms with Crippen LogP contribution in [0.4, 0.5) is 0 Å². The van der Waals surface area contributed by atoms with Gasteiger partial charge in [-0.2, -0.15) is 0 Å². The molecule has 1 heterocycles. The minimum absolute atomic E-state index is 0.111. The first-order valence-electron chi connectivity index (χ1n) is 5.15. The van der Waals surface area contributed by atoms with Gasteiger partial charge in [0.25, 0.3) is 0 Å². The molecule has 2 N–H and O–H groups in total. The van der Waals surface area contributed by atoms with E-state index in [2.05, 4.69) is 15.0 Å². The van der Waals surface area contributed by atoms with Crippen LogP contribution in [0.15, 0.2) is 24.5 Å². The number of pyridine rings is 1. The van der Waals surface area contributed by atoms with E-state index in [1.807, 2.05) is 12.1 Å². The highest BCUT2D eigenvalue weighted by Gasteiger charge is 2.07. The molecule has 0 spiro atoms. The number of nitrogens with one attached hydrogen (secondary N) is 2. The van der Waals surface area contributed by atoms with Crippen molar-refractivity contribution < 1.29 is 8.42 Å². The van der Waals surface area contributed by atoms with Crippen LogP contribution in [0.1, 0.15) is 5.56 Å². The summed E-state index contributed by atoms with van der Waals surface area (Å²) in [6, 6.07) is 3.75. The summed E-state index contributed by atoms with van der Waals surface area (Å²) in [4.78, 5) is 3.90. The molecule has 0 fully saturated rings. The van der Waals surface area contributed by atoms with Crippen molar-refractivity contribution in [3.8, 4) is 0 Å². The molecule has 90 valence electrons. The van der Waals surface area contributed by atoms with E-state index in [1.165, 1.54) is 0 Å². The summed E-state index contributed by atoms with van der Waals surface area (Å²) in [6.07, 6.45) is 4.08. The fourth-order valence-corrected chi connectivity index (χ4v) is 2.24. The Morgan fingerprint density at radius 2 is 1.94 bits per heavy atom. The van der Waals surface area contributed by atoms with Gasteiger partial charge in [-0.1, -0.05) is 0 Å². The highest BCUT2D eigenvalue weighted by atomic mass is 32.2. The highest BCUT2D eigenvalue weighted by Crippen LogP contribution is 1.96. The molecule has 0 bridgehead atoms. The Balaban J connectivity index is 2.30. The summed E-state index contributed by atoms with van der Waals surface area (Å²) in [7, 11) is -1.41. The van der Waals surface area contributed by atoms with Gasteiger partial charge >= 0.3 is 0 Å². The smallest absolute Gasteiger partial charge is 0.212 e. The van der Waals surface area contributed by atoms with Gasteiger partial charge in [0.05, 0.1) is 5.75 Å². The lowest BCUT2D eigenvalue weighted by atomic mass is 10.2. The zero-order valence-electron chi connectivity index (χ0n) is 9.31. The predicted molar refractivity (Wildman–Crippen MR) is 63.7 cm³/mol. The molecule has 6 heteroatoms. The van der Waals surface area contributed by atoms with Gasteiger partial charge in [0.2, 0.25) is 10.0 Å². The number of hydrogen-bond acceptors (Lipinski definition) is 4. The summed E-state index contributed by atoms with van der Waals surface area (Å²) < 4.78 is 25.4. The lowest BCUT2D eigenvalue weighted by Gasteiger charge is -2.06. The minimum atomic E-state index is -3.14. The maximum Gasteiger partial charge on any atom is 0.212 e. The van der Waals surface area contributed by atoms with E-state index >= 15 is 0 Å². The van der Waals surface area contributed by atoms with Gasteiger partial charge in [0.15, 0.2) is 0 Å². The summed E-state index contributed by atoms with van der Waals surface area (Å²) in [5, 5.41) is 2.80. The van der Waals surface area contributed by atoms with Crippen LogP contribution >= 0.6 is 0 Å². The van der Waals surface area contributed by atoms with Crippen molar-refractivity contribution in [2.24, 2.45) is 0 Å². The lowest BCUT2D eigenvalue weighted by molar-refractivity contribution is 0.579. The topological polar surface area (TPSA) is 71.1 Å². The molecular weight excluding hydrogens is 226 g/mol. The maximum absolute atomic E-state index is 11.4. The number of aromatic nitrogens is 1. The second-order valence-electron chi connectivity index (χ2n) is 3.42. The number of nitrogens with zero attached hydrogens (tertiary/aromatic N) is 1. The third-order valence-electron chi connectivity index (χ3n) is 2.11. The summed E-state index contributed by atoms with van der Waals surface area (Å²) in [5.41, 5.74) is 1.08. The highest BCUT2D eigenvalue weighted by molar-refractivity contribution is 7.89. The Morgan fingerprint density at radius 3 is 2.56 bits per heavy atom. The quantitative estimate of drug-likeness (QED) is 0.693. The van der Waals surface area contributed by atoms with Crippen LogP contribution in [0, 0.1) is 0 Å². The van der Waals surface area contributed by atoms with E-state index in [4.69, 9.17) is 0 Å². The van der Waals surface area contributed by atoms with Crippen LogP contribution in [-0.2, 0) is 16.4 Å². The predicted octanol–water partition coefficient (Wildman–Crippen LogP) is -0.237. The molecular formula is C10H17N3O2S. The largest absolute Gasteiger partial charge is 0.319 e. The molecule has 5 nitrogen and oxygen atoms in total. The SMILES string of the molecule is CNCCS(=O)(=O)NCCc1ccncc1. The molecule has 1 aromatic heterocycles. The molecule has 0 aromatic carbocycles. The molecule has 0 saturated heterocycles. The average Bonchev–Trinajstić information content (AvgIpc) is 2.28. The molecule has 1 aromatic rings. The number of rotatable bonds is 7. The zero-order valence-corrected chi connectivity index (χ0v) is 10.1. The van der Waals surface area contributed by atoms with Crippen molar-refractivity contribution in [3.05, 3.63) is 30.1 Å². The summed E-state index contributed by atoms with van der Waals surface area (Å²) >= 11 is 0. The van der Waals surface area contributed by atoms with Crippen LogP contribution in [0.2, 0.25) is 0 Å². The van der Waals surface area contributed by atoms with E-state index < -0.39 is 10.0 Å². The Labute approximate surface area is 96.3 Å². The third kappa shape index (κ3) is 5.20. The molecule has 0 atom stereocenters. The van der Waals surface area contributed by atoms with Crippen molar-refractivity contribution in [1.29, 1.82) is 0 Å². The lowest BCUT2D eigenvalue weighted by Crippen LogP contribution is -2.32. The van der Waals surface area contributed by atoms with Crippen LogP contribution < -0.4 is 10.0 Å². The molecule has 16 heavy (non-hydrogen) atoms. The molecule has 0 amide bonds. The van der Waals surface area contributed by atoms with Crippen molar-refractivity contribution in [3.63, 3.8) is 0 Å². The summed E-state index contributed by atoms with van der Waals surface area (Å²) in [5.74, 6) is 0.111. The van der Waals surface area contributed by atoms with Crippen molar-refractivity contribution in [1.82, 2.24) is 15.0 Å². The zero-order chi connectivity index (χ0) is 11.9. The average molecular weight is 243 g/mol. The van der Waals surface area contributed by atoms with Gasteiger partial charge in [-0.3, -0.25) is 4.98 Å². The van der Waals surface area contributed by atoms with E-state index in [0.29, 0.717) is 19.5 Å². The second kappa shape index (κ2) is 6.57. The Bertz CT molecular complexity index is 392. The van der Waals surface area contributed by atoms with Gasteiger partial charge < -0.3 is 5.32 Å². The standard InChI is InChI=1S/C10H17N3O2S/c1-11-8-9-16(14,15)13-7-4-10-2-5-12-6-3-10/h2-3,5-6,11,13H,4,7-9H2,1H3. The van der Waals surface area contributed by atoms with E-state index in [9.17, 15) is 8.42 Å². The van der Waals surface area contributed by atoms with Gasteiger partial charge in [0, 0.05) is 25.5 Å². The monoisotopic (exact) mass is 243 g/mol. The fraction of sp³-hybridized carbons (Fsp3) is 0.500. The van der Waals surface area contributed by atoms with E-state index in [-0.39, 0.29) is 5.75 Å². The summed E-state index contributed by atoms with van der Waals surface area (Å²) in [6.45, 7) is 0.890. The minimum Gasteiger partial charge on any atom is -0.319 e. The normalized spacial score (nSPS) is 11.6. The molecule has 0 aliphatic rings. The van der Waals surface area contributed by atoms with Gasteiger partial charge in [-0.05, 0) is 31.2 Å². The second-order valence-corrected chi connectivity index (χ2v) is 5.35. The first kappa shape index (κ1) is 13.1. The first-order valence-corrected chi connectivity index (χ1v) is 6.80. The van der Waals surface area contributed by atoms with Crippen LogP contribution in [0.25, 0.3) is 0 Å². The van der Waals surface area contributed by atoms with Crippen LogP contribution in [0.5, 0.6) is 0 Å². The van der Waals surface area contributed by atoms with Crippen molar-refractivity contribution in [2.45, 2.75) is 6.42 Å². The first-order chi connectivity index (χ1) is 7.64. The molecule has 1 rings (SSSR count). The van der Waals surface area contributed by atoms with Crippen molar-refractivity contribution >= 4 is 10.0 Å². The van der Waals surface area contributed by atoms with Crippen LogP contribution in [0.3, 0.4) is 0 Å². The van der Waals surface area contributed by atoms with Gasteiger partial charge in [0.1, 0.15) is 0 Å². The number of hydrogen-bond donors (Lipinski definition) is 2. The maximum atomic E-state index is 11.4. The number of sulfonamides is 1. The Hall–Kier alpha value is -0.980. The van der Waals surface area contributed by atoms with Gasteiger partial charge in [-0.15, -0.1) is 0 Å². The molecule has 0 unspecified atom stereocenters. The molecule has 0 saturated carbocycles. The van der Waals surface area contributed by atoms with E-state index in [1.54, 1.807) is 19.4 Å². The molecule has 0 aliphatic heterocycles. The Morgan fingerprint density at radius 1 is 1.25 bits per heavy atom. The Kier molecular flexibility index (Phi) is 5.37. The molecule has 0 aliphatic carbocycles. The third-order valence-corrected chi connectivity index (χ3v) is 3.49. The van der Waals surface area contributed by atoms with Crippen LogP contribution in [-0.4, -0.2) is 39.3 Å². The van der Waals surface area contributed by atoms with E-state index in [0.717, 1.165) is 5.56 Å². The van der Waals surface area contributed by atoms with Crippen molar-refractivity contribution in [2.75, 3.05) is 25.9 Å².